The predicted molar refractivity (Wildman–Crippen MR) is 67.6 cm³/mol. The molecule has 0 aromatic heterocycles. The van der Waals surface area contributed by atoms with Crippen molar-refractivity contribution in [1.29, 1.82) is 0 Å². The zero-order chi connectivity index (χ0) is 12.7. The van der Waals surface area contributed by atoms with Gasteiger partial charge in [-0.1, -0.05) is 17.7 Å². The molecule has 0 saturated carbocycles. The first-order valence-electron chi connectivity index (χ1n) is 5.53. The van der Waals surface area contributed by atoms with Crippen molar-refractivity contribution < 1.29 is 14.3 Å². The summed E-state index contributed by atoms with van der Waals surface area (Å²) in [7, 11) is 1.58. The Morgan fingerprint density at radius 3 is 2.82 bits per heavy atom. The van der Waals surface area contributed by atoms with E-state index in [1.54, 1.807) is 31.4 Å². The van der Waals surface area contributed by atoms with Gasteiger partial charge in [-0.3, -0.25) is 4.79 Å². The number of hydrogen-bond donors (Lipinski definition) is 0. The Labute approximate surface area is 102 Å². The average Bonchev–Trinajstić information content (AvgIpc) is 2.34. The van der Waals surface area contributed by atoms with Crippen LogP contribution in [0.1, 0.15) is 23.7 Å². The predicted octanol–water partition coefficient (Wildman–Crippen LogP) is 2.86. The van der Waals surface area contributed by atoms with Gasteiger partial charge in [0.25, 0.3) is 0 Å². The molecule has 0 radical (unpaired) electrons. The smallest absolute Gasteiger partial charge is 0.188 e. The average molecular weight is 234 g/mol. The zero-order valence-corrected chi connectivity index (χ0v) is 10.4. The molecule has 1 rings (SSSR count). The van der Waals surface area contributed by atoms with E-state index in [9.17, 15) is 4.79 Å². The van der Waals surface area contributed by atoms with Crippen LogP contribution >= 0.6 is 0 Å². The highest BCUT2D eigenvalue weighted by molar-refractivity contribution is 5.97. The molecule has 3 heteroatoms. The lowest BCUT2D eigenvalue weighted by Gasteiger charge is -2.05. The van der Waals surface area contributed by atoms with E-state index in [2.05, 4.69) is 6.58 Å². The molecule has 0 heterocycles. The van der Waals surface area contributed by atoms with Crippen LogP contribution in [0.15, 0.2) is 36.4 Å². The quantitative estimate of drug-likeness (QED) is 0.413. The zero-order valence-electron chi connectivity index (χ0n) is 10.4. The number of benzene rings is 1. The van der Waals surface area contributed by atoms with E-state index < -0.39 is 0 Å². The second-order valence-electron chi connectivity index (χ2n) is 3.91. The SMILES string of the molecule is C=C(C)CCOCC(=O)c1cccc(OC)c1. The van der Waals surface area contributed by atoms with Crippen molar-refractivity contribution in [3.63, 3.8) is 0 Å². The van der Waals surface area contributed by atoms with E-state index in [1.165, 1.54) is 0 Å². The Bertz CT molecular complexity index is 396. The molecular formula is C14H18O3. The van der Waals surface area contributed by atoms with Gasteiger partial charge in [-0.05, 0) is 25.5 Å². The van der Waals surface area contributed by atoms with Crippen molar-refractivity contribution in [2.24, 2.45) is 0 Å². The van der Waals surface area contributed by atoms with Gasteiger partial charge >= 0.3 is 0 Å². The van der Waals surface area contributed by atoms with Gasteiger partial charge in [0.05, 0.1) is 13.7 Å². The Balaban J connectivity index is 2.43. The van der Waals surface area contributed by atoms with Crippen molar-refractivity contribution >= 4 is 5.78 Å². The monoisotopic (exact) mass is 234 g/mol. The molecule has 0 aliphatic carbocycles. The summed E-state index contributed by atoms with van der Waals surface area (Å²) in [5.41, 5.74) is 1.67. The largest absolute Gasteiger partial charge is 0.497 e. The first kappa shape index (κ1) is 13.5. The Morgan fingerprint density at radius 2 is 2.18 bits per heavy atom. The fourth-order valence-electron chi connectivity index (χ4n) is 1.29. The van der Waals surface area contributed by atoms with Gasteiger partial charge in [0.15, 0.2) is 5.78 Å². The van der Waals surface area contributed by atoms with Crippen molar-refractivity contribution in [2.75, 3.05) is 20.3 Å². The van der Waals surface area contributed by atoms with Crippen LogP contribution in [0.4, 0.5) is 0 Å². The van der Waals surface area contributed by atoms with E-state index in [0.717, 1.165) is 12.0 Å². The van der Waals surface area contributed by atoms with Crippen molar-refractivity contribution in [3.05, 3.63) is 42.0 Å². The van der Waals surface area contributed by atoms with Crippen LogP contribution in [-0.4, -0.2) is 26.1 Å². The second kappa shape index (κ2) is 6.86. The fraction of sp³-hybridized carbons (Fsp3) is 0.357. The lowest BCUT2D eigenvalue weighted by molar-refractivity contribution is 0.0765. The van der Waals surface area contributed by atoms with Crippen molar-refractivity contribution in [3.8, 4) is 5.75 Å². The van der Waals surface area contributed by atoms with Gasteiger partial charge in [0, 0.05) is 5.56 Å². The number of carbonyl (C=O) groups excluding carboxylic acids is 1. The molecule has 0 amide bonds. The molecule has 0 atom stereocenters. The number of carbonyl (C=O) groups is 1. The summed E-state index contributed by atoms with van der Waals surface area (Å²) in [6.07, 6.45) is 0.783. The number of ether oxygens (including phenoxy) is 2. The molecule has 0 N–H and O–H groups in total. The molecule has 0 fully saturated rings. The normalized spacial score (nSPS) is 10.0. The molecule has 3 nitrogen and oxygen atoms in total. The van der Waals surface area contributed by atoms with E-state index in [1.807, 2.05) is 6.92 Å². The summed E-state index contributed by atoms with van der Waals surface area (Å²) >= 11 is 0. The van der Waals surface area contributed by atoms with Gasteiger partial charge in [-0.15, -0.1) is 6.58 Å². The van der Waals surface area contributed by atoms with Gasteiger partial charge in [-0.25, -0.2) is 0 Å². The van der Waals surface area contributed by atoms with Crippen LogP contribution in [0.3, 0.4) is 0 Å². The van der Waals surface area contributed by atoms with E-state index in [0.29, 0.717) is 17.9 Å². The Morgan fingerprint density at radius 1 is 1.41 bits per heavy atom. The molecule has 0 aliphatic rings. The minimum Gasteiger partial charge on any atom is -0.497 e. The lowest BCUT2D eigenvalue weighted by atomic mass is 10.1. The van der Waals surface area contributed by atoms with Crippen LogP contribution in [0.2, 0.25) is 0 Å². The van der Waals surface area contributed by atoms with Crippen LogP contribution in [-0.2, 0) is 4.74 Å². The molecular weight excluding hydrogens is 216 g/mol. The highest BCUT2D eigenvalue weighted by Gasteiger charge is 2.06. The summed E-state index contributed by atoms with van der Waals surface area (Å²) in [5.74, 6) is 0.642. The van der Waals surface area contributed by atoms with Crippen LogP contribution < -0.4 is 4.74 Å². The minimum atomic E-state index is -0.0365. The van der Waals surface area contributed by atoms with E-state index in [-0.39, 0.29) is 12.4 Å². The van der Waals surface area contributed by atoms with E-state index in [4.69, 9.17) is 9.47 Å². The third kappa shape index (κ3) is 4.83. The first-order chi connectivity index (χ1) is 8.13. The van der Waals surface area contributed by atoms with Crippen molar-refractivity contribution in [2.45, 2.75) is 13.3 Å². The summed E-state index contributed by atoms with van der Waals surface area (Å²) in [5, 5.41) is 0. The molecule has 0 spiro atoms. The summed E-state index contributed by atoms with van der Waals surface area (Å²) in [6, 6.07) is 7.07. The van der Waals surface area contributed by atoms with Crippen LogP contribution in [0, 0.1) is 0 Å². The number of methoxy groups -OCH3 is 1. The van der Waals surface area contributed by atoms with Crippen LogP contribution in [0.5, 0.6) is 5.75 Å². The summed E-state index contributed by atoms with van der Waals surface area (Å²) < 4.78 is 10.3. The second-order valence-corrected chi connectivity index (χ2v) is 3.91. The Kier molecular flexibility index (Phi) is 5.43. The molecule has 0 bridgehead atoms. The number of ketones is 1. The van der Waals surface area contributed by atoms with E-state index >= 15 is 0 Å². The maximum atomic E-state index is 11.8. The first-order valence-corrected chi connectivity index (χ1v) is 5.53. The molecule has 0 saturated heterocycles. The molecule has 0 unspecified atom stereocenters. The summed E-state index contributed by atoms with van der Waals surface area (Å²) in [6.45, 7) is 6.34. The molecule has 1 aromatic carbocycles. The van der Waals surface area contributed by atoms with Crippen molar-refractivity contribution in [1.82, 2.24) is 0 Å². The standard InChI is InChI=1S/C14H18O3/c1-11(2)7-8-17-10-14(15)12-5-4-6-13(9-12)16-3/h4-6,9H,1,7-8,10H2,2-3H3. The lowest BCUT2D eigenvalue weighted by Crippen LogP contribution is -2.10. The highest BCUT2D eigenvalue weighted by Crippen LogP contribution is 2.13. The van der Waals surface area contributed by atoms with Gasteiger partial charge in [0.2, 0.25) is 0 Å². The fourth-order valence-corrected chi connectivity index (χ4v) is 1.29. The minimum absolute atomic E-state index is 0.0365. The molecule has 0 aliphatic heterocycles. The van der Waals surface area contributed by atoms with Gasteiger partial charge in [-0.2, -0.15) is 0 Å². The maximum absolute atomic E-state index is 11.8. The van der Waals surface area contributed by atoms with Gasteiger partial charge in [0.1, 0.15) is 12.4 Å². The third-order valence-electron chi connectivity index (χ3n) is 2.30. The number of Topliss-reactive ketones (excluding diaryl/α,β-unsaturated/α-hetero) is 1. The van der Waals surface area contributed by atoms with Crippen LogP contribution in [0.25, 0.3) is 0 Å². The number of hydrogen-bond acceptors (Lipinski definition) is 3. The molecule has 1 aromatic rings. The van der Waals surface area contributed by atoms with Gasteiger partial charge < -0.3 is 9.47 Å². The number of rotatable bonds is 7. The molecule has 17 heavy (non-hydrogen) atoms. The Hall–Kier alpha value is -1.61. The third-order valence-corrected chi connectivity index (χ3v) is 2.30. The molecule has 92 valence electrons. The topological polar surface area (TPSA) is 35.5 Å². The summed E-state index contributed by atoms with van der Waals surface area (Å²) in [4.78, 5) is 11.8. The highest BCUT2D eigenvalue weighted by atomic mass is 16.5. The maximum Gasteiger partial charge on any atom is 0.188 e.